The molecule has 1 aromatic rings. The number of carbonyl (C=O) groups is 1. The summed E-state index contributed by atoms with van der Waals surface area (Å²) in [6, 6.07) is 8.70. The zero-order chi connectivity index (χ0) is 22.7. The Balaban J connectivity index is 1.50. The van der Waals surface area contributed by atoms with Gasteiger partial charge in [-0.3, -0.25) is 9.69 Å². The van der Waals surface area contributed by atoms with Gasteiger partial charge in [0, 0.05) is 19.6 Å². The summed E-state index contributed by atoms with van der Waals surface area (Å²) in [5.41, 5.74) is 6.84. The number of piperidine rings is 1. The quantitative estimate of drug-likeness (QED) is 0.563. The van der Waals surface area contributed by atoms with Crippen LogP contribution in [-0.2, 0) is 4.79 Å². The average molecular weight is 443 g/mol. The molecule has 1 amide bonds. The van der Waals surface area contributed by atoms with Crippen molar-refractivity contribution in [3.05, 3.63) is 47.2 Å². The molecule has 0 spiro atoms. The predicted octanol–water partition coefficient (Wildman–Crippen LogP) is 2.31. The Morgan fingerprint density at radius 2 is 1.94 bits per heavy atom. The Labute approximate surface area is 191 Å². The van der Waals surface area contributed by atoms with Gasteiger partial charge >= 0.3 is 0 Å². The standard InChI is InChI=1S/C25H38N4O3/c1-3-4-5-7-20-15-28(17-24(31)27-13-6-8-21(30)16-27)25(32)23-14-22(26-29(20)23)19-11-9-18(2)10-12-19/h9-12,14,20-22,25-26,30,32H,3-8,13,15-17H2,1-2H3. The highest BCUT2D eigenvalue weighted by Crippen LogP contribution is 2.34. The Morgan fingerprint density at radius 1 is 1.16 bits per heavy atom. The third-order valence-corrected chi connectivity index (χ3v) is 6.98. The van der Waals surface area contributed by atoms with E-state index in [1.165, 1.54) is 17.5 Å². The molecule has 3 heterocycles. The predicted molar refractivity (Wildman–Crippen MR) is 124 cm³/mol. The normalized spacial score (nSPS) is 28.6. The van der Waals surface area contributed by atoms with Crippen molar-refractivity contribution in [2.45, 2.75) is 76.8 Å². The maximum atomic E-state index is 12.9. The second-order valence-electron chi connectivity index (χ2n) is 9.57. The van der Waals surface area contributed by atoms with E-state index in [4.69, 9.17) is 0 Å². The van der Waals surface area contributed by atoms with Crippen molar-refractivity contribution in [2.24, 2.45) is 0 Å². The molecule has 3 N–H and O–H groups in total. The van der Waals surface area contributed by atoms with E-state index >= 15 is 0 Å². The molecule has 32 heavy (non-hydrogen) atoms. The summed E-state index contributed by atoms with van der Waals surface area (Å²) in [6.45, 7) is 6.18. The number of fused-ring (bicyclic) bond motifs is 1. The molecule has 0 bridgehead atoms. The lowest BCUT2D eigenvalue weighted by Crippen LogP contribution is -2.60. The van der Waals surface area contributed by atoms with Gasteiger partial charge in [0.1, 0.15) is 6.23 Å². The van der Waals surface area contributed by atoms with Crippen LogP contribution in [0.1, 0.15) is 62.6 Å². The third-order valence-electron chi connectivity index (χ3n) is 6.98. The minimum absolute atomic E-state index is 0.00908. The number of nitrogens with one attached hydrogen (secondary N) is 1. The van der Waals surface area contributed by atoms with E-state index < -0.39 is 12.3 Å². The number of benzene rings is 1. The van der Waals surface area contributed by atoms with Gasteiger partial charge in [-0.2, -0.15) is 0 Å². The zero-order valence-electron chi connectivity index (χ0n) is 19.4. The van der Waals surface area contributed by atoms with Crippen molar-refractivity contribution in [1.82, 2.24) is 20.2 Å². The van der Waals surface area contributed by atoms with E-state index in [0.29, 0.717) is 19.6 Å². The van der Waals surface area contributed by atoms with Crippen LogP contribution in [0.25, 0.3) is 0 Å². The van der Waals surface area contributed by atoms with Crippen molar-refractivity contribution in [2.75, 3.05) is 26.2 Å². The van der Waals surface area contributed by atoms with E-state index in [2.05, 4.69) is 54.6 Å². The fourth-order valence-corrected chi connectivity index (χ4v) is 5.08. The number of aliphatic hydroxyl groups excluding tert-OH is 2. The lowest BCUT2D eigenvalue weighted by Gasteiger charge is -2.45. The van der Waals surface area contributed by atoms with Crippen LogP contribution in [0.5, 0.6) is 0 Å². The van der Waals surface area contributed by atoms with Gasteiger partial charge in [0.15, 0.2) is 0 Å². The lowest BCUT2D eigenvalue weighted by atomic mass is 10.0. The van der Waals surface area contributed by atoms with Crippen LogP contribution in [0.4, 0.5) is 0 Å². The highest BCUT2D eigenvalue weighted by atomic mass is 16.3. The first-order valence-electron chi connectivity index (χ1n) is 12.2. The van der Waals surface area contributed by atoms with Gasteiger partial charge < -0.3 is 20.1 Å². The molecule has 7 nitrogen and oxygen atoms in total. The van der Waals surface area contributed by atoms with Gasteiger partial charge in [-0.15, -0.1) is 0 Å². The lowest BCUT2D eigenvalue weighted by molar-refractivity contribution is -0.140. The van der Waals surface area contributed by atoms with Crippen LogP contribution in [0.15, 0.2) is 36.0 Å². The van der Waals surface area contributed by atoms with Crippen LogP contribution in [0.3, 0.4) is 0 Å². The molecule has 0 radical (unpaired) electrons. The minimum Gasteiger partial charge on any atom is -0.391 e. The van der Waals surface area contributed by atoms with Crippen LogP contribution >= 0.6 is 0 Å². The van der Waals surface area contributed by atoms with Crippen molar-refractivity contribution in [3.63, 3.8) is 0 Å². The van der Waals surface area contributed by atoms with Crippen molar-refractivity contribution < 1.29 is 15.0 Å². The number of amides is 1. The van der Waals surface area contributed by atoms with Gasteiger partial charge in [0.2, 0.25) is 5.91 Å². The topological polar surface area (TPSA) is 79.3 Å². The number of aryl methyl sites for hydroxylation is 1. The Kier molecular flexibility index (Phi) is 7.51. The largest absolute Gasteiger partial charge is 0.391 e. The fourth-order valence-electron chi connectivity index (χ4n) is 5.08. The molecular weight excluding hydrogens is 404 g/mol. The van der Waals surface area contributed by atoms with Crippen molar-refractivity contribution in [1.29, 1.82) is 0 Å². The number of nitrogens with zero attached hydrogens (tertiary/aromatic N) is 3. The number of aliphatic hydroxyl groups is 2. The number of piperazine rings is 1. The molecule has 7 heteroatoms. The summed E-state index contributed by atoms with van der Waals surface area (Å²) in [4.78, 5) is 16.6. The smallest absolute Gasteiger partial charge is 0.236 e. The monoisotopic (exact) mass is 442 g/mol. The molecule has 3 aliphatic rings. The first-order chi connectivity index (χ1) is 15.5. The first kappa shape index (κ1) is 23.2. The number of hydrogen-bond acceptors (Lipinski definition) is 6. The third kappa shape index (κ3) is 5.17. The maximum Gasteiger partial charge on any atom is 0.236 e. The summed E-state index contributed by atoms with van der Waals surface area (Å²) in [6.07, 6.45) is 6.90. The molecule has 0 saturated carbocycles. The number of hydrogen-bond donors (Lipinski definition) is 3. The highest BCUT2D eigenvalue weighted by Gasteiger charge is 2.41. The Bertz CT molecular complexity index is 812. The second kappa shape index (κ2) is 10.3. The number of likely N-dealkylation sites (tertiary alicyclic amines) is 1. The molecule has 0 aliphatic carbocycles. The molecule has 2 saturated heterocycles. The number of carbonyl (C=O) groups excluding carboxylic acids is 1. The van der Waals surface area contributed by atoms with Crippen molar-refractivity contribution >= 4 is 5.91 Å². The fraction of sp³-hybridized carbons (Fsp3) is 0.640. The number of hydrazine groups is 1. The van der Waals surface area contributed by atoms with E-state index in [1.54, 1.807) is 4.90 Å². The summed E-state index contributed by atoms with van der Waals surface area (Å²) < 4.78 is 0. The van der Waals surface area contributed by atoms with Gasteiger partial charge in [-0.05, 0) is 37.8 Å². The van der Waals surface area contributed by atoms with Crippen LogP contribution in [-0.4, -0.2) is 75.5 Å². The van der Waals surface area contributed by atoms with Crippen molar-refractivity contribution in [3.8, 4) is 0 Å². The summed E-state index contributed by atoms with van der Waals surface area (Å²) in [5.74, 6) is -0.00908. The molecule has 3 aliphatic heterocycles. The number of rotatable bonds is 7. The summed E-state index contributed by atoms with van der Waals surface area (Å²) in [5, 5.41) is 23.3. The molecule has 4 unspecified atom stereocenters. The Hall–Kier alpha value is -1.93. The molecule has 176 valence electrons. The number of β-amino-alcohol motifs (C(OH)–C–C–N with tert-alkyl or cyclic N) is 1. The molecule has 0 aromatic heterocycles. The van der Waals surface area contributed by atoms with Crippen LogP contribution in [0.2, 0.25) is 0 Å². The van der Waals surface area contributed by atoms with Gasteiger partial charge in [0.05, 0.1) is 30.4 Å². The summed E-state index contributed by atoms with van der Waals surface area (Å²) in [7, 11) is 0. The maximum absolute atomic E-state index is 12.9. The molecular formula is C25H38N4O3. The zero-order valence-corrected chi connectivity index (χ0v) is 19.4. The van der Waals surface area contributed by atoms with Crippen LogP contribution in [0, 0.1) is 6.92 Å². The molecule has 4 rings (SSSR count). The van der Waals surface area contributed by atoms with Gasteiger partial charge in [-0.25, -0.2) is 5.43 Å². The first-order valence-corrected chi connectivity index (χ1v) is 12.2. The second-order valence-corrected chi connectivity index (χ2v) is 9.57. The van der Waals surface area contributed by atoms with Gasteiger partial charge in [0.25, 0.3) is 0 Å². The van der Waals surface area contributed by atoms with E-state index in [-0.39, 0.29) is 24.5 Å². The summed E-state index contributed by atoms with van der Waals surface area (Å²) >= 11 is 0. The number of unbranched alkanes of at least 4 members (excludes halogenated alkanes) is 2. The van der Waals surface area contributed by atoms with E-state index in [9.17, 15) is 15.0 Å². The SMILES string of the molecule is CCCCCC1CN(CC(=O)N2CCCC(O)C2)C(O)C2=CC(c3ccc(C)cc3)NN21. The highest BCUT2D eigenvalue weighted by molar-refractivity contribution is 5.78. The average Bonchev–Trinajstić information content (AvgIpc) is 3.23. The van der Waals surface area contributed by atoms with E-state index in [1.807, 2.05) is 4.90 Å². The van der Waals surface area contributed by atoms with Gasteiger partial charge in [-0.1, -0.05) is 56.0 Å². The molecule has 2 fully saturated rings. The Morgan fingerprint density at radius 3 is 2.66 bits per heavy atom. The van der Waals surface area contributed by atoms with Crippen LogP contribution < -0.4 is 5.43 Å². The van der Waals surface area contributed by atoms with E-state index in [0.717, 1.165) is 37.8 Å². The minimum atomic E-state index is -0.820. The molecule has 1 aromatic carbocycles. The molecule has 4 atom stereocenters.